The van der Waals surface area contributed by atoms with Gasteiger partial charge in [0.1, 0.15) is 11.7 Å². The van der Waals surface area contributed by atoms with Gasteiger partial charge in [0.25, 0.3) is 0 Å². The van der Waals surface area contributed by atoms with Crippen LogP contribution in [0, 0.1) is 11.8 Å². The molecule has 2 amide bonds. The summed E-state index contributed by atoms with van der Waals surface area (Å²) in [6.07, 6.45) is 3.03. The maximum Gasteiger partial charge on any atom is 0.248 e. The van der Waals surface area contributed by atoms with Gasteiger partial charge in [0.15, 0.2) is 0 Å². The summed E-state index contributed by atoms with van der Waals surface area (Å²) in [6.45, 7) is 2.05. The Bertz CT molecular complexity index is 951. The van der Waals surface area contributed by atoms with Crippen LogP contribution in [0.25, 0.3) is 0 Å². The highest BCUT2D eigenvalue weighted by Crippen LogP contribution is 2.47. The second-order valence-corrected chi connectivity index (χ2v) is 8.30. The second-order valence-electron chi connectivity index (χ2n) is 6.80. The quantitative estimate of drug-likeness (QED) is 0.818. The van der Waals surface area contributed by atoms with Crippen molar-refractivity contribution in [1.82, 2.24) is 9.88 Å². The zero-order valence-corrected chi connectivity index (χ0v) is 15.8. The number of carbonyl (C=O) groups excluding carboxylic acids is 2. The molecule has 2 aliphatic rings. The Kier molecular flexibility index (Phi) is 4.63. The van der Waals surface area contributed by atoms with Gasteiger partial charge in [-0.25, -0.2) is 4.98 Å². The van der Waals surface area contributed by atoms with Crippen LogP contribution in [0.4, 0.5) is 5.69 Å². The first-order valence-electron chi connectivity index (χ1n) is 8.85. The molecule has 136 valence electrons. The summed E-state index contributed by atoms with van der Waals surface area (Å²) < 4.78 is 0. The summed E-state index contributed by atoms with van der Waals surface area (Å²) in [7, 11) is 0. The Labute approximate surface area is 162 Å². The lowest BCUT2D eigenvalue weighted by Crippen LogP contribution is -2.48. The van der Waals surface area contributed by atoms with Crippen LogP contribution < -0.4 is 5.32 Å². The van der Waals surface area contributed by atoms with Crippen LogP contribution in [0.15, 0.2) is 48.7 Å². The van der Waals surface area contributed by atoms with Crippen molar-refractivity contribution in [3.63, 3.8) is 0 Å². The van der Waals surface area contributed by atoms with Gasteiger partial charge in [0.2, 0.25) is 11.8 Å². The molecule has 3 heterocycles. The Balaban J connectivity index is 1.48. The lowest BCUT2D eigenvalue weighted by Gasteiger charge is -2.29. The standard InChI is InChI=1S/C21H19N3O2S/c1-21-11-10-19(25)24(21)18(14-27-21)20(26)23-17-7-4-5-15(13-17)8-9-16-6-2-3-12-22-16/h2-7,12-13,18H,10-11,14H2,1H3,(H,23,26)/t18-,21-/m1/s1. The smallest absolute Gasteiger partial charge is 0.248 e. The molecule has 27 heavy (non-hydrogen) atoms. The second kappa shape index (κ2) is 7.09. The fourth-order valence-corrected chi connectivity index (χ4v) is 4.92. The summed E-state index contributed by atoms with van der Waals surface area (Å²) in [6, 6.07) is 12.6. The van der Waals surface area contributed by atoms with Crippen LogP contribution in [0.2, 0.25) is 0 Å². The molecule has 0 spiro atoms. The van der Waals surface area contributed by atoms with Crippen LogP contribution in [0.5, 0.6) is 0 Å². The van der Waals surface area contributed by atoms with Gasteiger partial charge in [0, 0.05) is 29.6 Å². The highest BCUT2D eigenvalue weighted by Gasteiger charge is 2.52. The Morgan fingerprint density at radius 1 is 1.30 bits per heavy atom. The normalized spacial score (nSPS) is 23.5. The van der Waals surface area contributed by atoms with Gasteiger partial charge in [-0.15, -0.1) is 11.8 Å². The van der Waals surface area contributed by atoms with Crippen LogP contribution in [-0.4, -0.2) is 38.4 Å². The molecule has 2 atom stereocenters. The lowest BCUT2D eigenvalue weighted by atomic mass is 10.1. The first kappa shape index (κ1) is 17.6. The van der Waals surface area contributed by atoms with E-state index < -0.39 is 6.04 Å². The van der Waals surface area contributed by atoms with E-state index in [1.54, 1.807) is 22.9 Å². The Morgan fingerprint density at radius 2 is 2.19 bits per heavy atom. The van der Waals surface area contributed by atoms with Gasteiger partial charge in [-0.1, -0.05) is 18.1 Å². The zero-order chi connectivity index (χ0) is 18.9. The number of rotatable bonds is 2. The predicted molar refractivity (Wildman–Crippen MR) is 106 cm³/mol. The lowest BCUT2D eigenvalue weighted by molar-refractivity contribution is -0.135. The van der Waals surface area contributed by atoms with Crippen molar-refractivity contribution in [2.24, 2.45) is 0 Å². The maximum absolute atomic E-state index is 12.8. The molecule has 2 fully saturated rings. The minimum Gasteiger partial charge on any atom is -0.324 e. The maximum atomic E-state index is 12.8. The van der Waals surface area contributed by atoms with Crippen molar-refractivity contribution in [1.29, 1.82) is 0 Å². The number of nitrogens with one attached hydrogen (secondary N) is 1. The number of carbonyl (C=O) groups is 2. The molecule has 0 radical (unpaired) electrons. The summed E-state index contributed by atoms with van der Waals surface area (Å²) in [5.74, 6) is 6.63. The average molecular weight is 377 g/mol. The van der Waals surface area contributed by atoms with Crippen molar-refractivity contribution < 1.29 is 9.59 Å². The first-order chi connectivity index (χ1) is 13.0. The third-order valence-corrected chi connectivity index (χ3v) is 6.38. The SMILES string of the molecule is C[C@@]12CCC(=O)N1[C@@H](C(=O)Nc1cccc(C#Cc3ccccn3)c1)CS2. The molecule has 2 aliphatic heterocycles. The number of nitrogens with zero attached hydrogens (tertiary/aromatic N) is 2. The minimum absolute atomic E-state index is 0.0672. The molecular formula is C21H19N3O2S. The van der Waals surface area contributed by atoms with Gasteiger partial charge in [-0.2, -0.15) is 0 Å². The van der Waals surface area contributed by atoms with E-state index in [-0.39, 0.29) is 16.7 Å². The van der Waals surface area contributed by atoms with Crippen molar-refractivity contribution >= 4 is 29.3 Å². The van der Waals surface area contributed by atoms with Crippen molar-refractivity contribution in [3.05, 3.63) is 59.9 Å². The zero-order valence-electron chi connectivity index (χ0n) is 14.9. The van der Waals surface area contributed by atoms with E-state index in [1.807, 2.05) is 49.4 Å². The number of hydrogen-bond acceptors (Lipinski definition) is 4. The highest BCUT2D eigenvalue weighted by atomic mass is 32.2. The van der Waals surface area contributed by atoms with Crippen molar-refractivity contribution in [2.45, 2.75) is 30.7 Å². The summed E-state index contributed by atoms with van der Waals surface area (Å²) in [5.41, 5.74) is 2.17. The van der Waals surface area contributed by atoms with Gasteiger partial charge in [-0.05, 0) is 49.6 Å². The van der Waals surface area contributed by atoms with Crippen LogP contribution >= 0.6 is 11.8 Å². The predicted octanol–water partition coefficient (Wildman–Crippen LogP) is 2.87. The van der Waals surface area contributed by atoms with Gasteiger partial charge < -0.3 is 10.2 Å². The van der Waals surface area contributed by atoms with E-state index in [9.17, 15) is 9.59 Å². The molecule has 5 nitrogen and oxygen atoms in total. The van der Waals surface area contributed by atoms with E-state index in [0.717, 1.165) is 12.0 Å². The molecule has 1 N–H and O–H groups in total. The fourth-order valence-electron chi connectivity index (χ4n) is 3.49. The average Bonchev–Trinajstić information content (AvgIpc) is 3.17. The topological polar surface area (TPSA) is 62.3 Å². The van der Waals surface area contributed by atoms with Gasteiger partial charge >= 0.3 is 0 Å². The van der Waals surface area contributed by atoms with E-state index in [4.69, 9.17) is 0 Å². The number of thioether (sulfide) groups is 1. The number of aromatic nitrogens is 1. The molecule has 0 unspecified atom stereocenters. The summed E-state index contributed by atoms with van der Waals surface area (Å²) >= 11 is 1.69. The Morgan fingerprint density at radius 3 is 3.00 bits per heavy atom. The van der Waals surface area contributed by atoms with Crippen molar-refractivity contribution in [3.8, 4) is 11.8 Å². The Hall–Kier alpha value is -2.78. The van der Waals surface area contributed by atoms with Crippen LogP contribution in [0.1, 0.15) is 31.0 Å². The third kappa shape index (κ3) is 3.56. The summed E-state index contributed by atoms with van der Waals surface area (Å²) in [4.78, 5) is 30.7. The molecule has 2 aromatic rings. The molecule has 1 aromatic carbocycles. The molecular weight excluding hydrogens is 358 g/mol. The van der Waals surface area contributed by atoms with E-state index in [1.165, 1.54) is 0 Å². The van der Waals surface area contributed by atoms with Gasteiger partial charge in [0.05, 0.1) is 4.87 Å². The monoisotopic (exact) mass is 377 g/mol. The number of fused-ring (bicyclic) bond motifs is 1. The number of pyridine rings is 1. The summed E-state index contributed by atoms with van der Waals surface area (Å²) in [5, 5.41) is 2.94. The van der Waals surface area contributed by atoms with Crippen LogP contribution in [-0.2, 0) is 9.59 Å². The highest BCUT2D eigenvalue weighted by molar-refractivity contribution is 8.01. The third-order valence-electron chi connectivity index (χ3n) is 4.88. The van der Waals surface area contributed by atoms with Crippen LogP contribution in [0.3, 0.4) is 0 Å². The largest absolute Gasteiger partial charge is 0.324 e. The minimum atomic E-state index is -0.418. The number of benzene rings is 1. The van der Waals surface area contributed by atoms with E-state index in [2.05, 4.69) is 22.1 Å². The molecule has 2 saturated heterocycles. The van der Waals surface area contributed by atoms with Gasteiger partial charge in [-0.3, -0.25) is 9.59 Å². The van der Waals surface area contributed by atoms with E-state index >= 15 is 0 Å². The fraction of sp³-hybridized carbons (Fsp3) is 0.286. The molecule has 0 bridgehead atoms. The molecule has 1 aromatic heterocycles. The first-order valence-corrected chi connectivity index (χ1v) is 9.84. The molecule has 0 aliphatic carbocycles. The molecule has 0 saturated carbocycles. The van der Waals surface area contributed by atoms with E-state index in [0.29, 0.717) is 23.6 Å². The number of hydrogen-bond donors (Lipinski definition) is 1. The molecule has 4 rings (SSSR count). The van der Waals surface area contributed by atoms with Crippen molar-refractivity contribution in [2.75, 3.05) is 11.1 Å². The molecule has 6 heteroatoms. The number of anilines is 1. The number of amides is 2.